The molecule has 0 heterocycles. The number of nitrogens with one attached hydrogen (secondary N) is 1. The van der Waals surface area contributed by atoms with Crippen LogP contribution in [0.1, 0.15) is 36.8 Å². The summed E-state index contributed by atoms with van der Waals surface area (Å²) in [6.07, 6.45) is -2.63. The van der Waals surface area contributed by atoms with Crippen LogP contribution in [-0.2, 0) is 21.2 Å². The Morgan fingerprint density at radius 3 is 2.28 bits per heavy atom. The second-order valence-corrected chi connectivity index (χ2v) is 6.85. The fraction of sp³-hybridized carbons (Fsp3) is 0.529. The zero-order valence-corrected chi connectivity index (χ0v) is 13.2. The third-order valence-corrected chi connectivity index (χ3v) is 5.22. The van der Waals surface area contributed by atoms with Crippen molar-refractivity contribution in [1.29, 1.82) is 0 Å². The van der Waals surface area contributed by atoms with Crippen molar-refractivity contribution in [3.05, 3.63) is 35.1 Å². The number of amides is 1. The minimum absolute atomic E-state index is 0.0788. The molecule has 3 rings (SSSR count). The fourth-order valence-corrected chi connectivity index (χ4v) is 3.27. The lowest BCUT2D eigenvalue weighted by atomic mass is 9.73. The Morgan fingerprint density at radius 2 is 1.80 bits per heavy atom. The molecule has 2 N–H and O–H groups in total. The number of benzene rings is 1. The molecule has 2 unspecified atom stereocenters. The molecule has 25 heavy (non-hydrogen) atoms. The summed E-state index contributed by atoms with van der Waals surface area (Å²) in [5.41, 5.74) is -1.55. The highest BCUT2D eigenvalue weighted by Crippen LogP contribution is 2.49. The predicted octanol–water partition coefficient (Wildman–Crippen LogP) is 3.10. The van der Waals surface area contributed by atoms with E-state index in [0.717, 1.165) is 12.1 Å². The van der Waals surface area contributed by atoms with Gasteiger partial charge < -0.3 is 10.4 Å². The average Bonchev–Trinajstić information content (AvgIpc) is 3.23. The highest BCUT2D eigenvalue weighted by atomic mass is 19.4. The first-order valence-corrected chi connectivity index (χ1v) is 8.01. The highest BCUT2D eigenvalue weighted by Gasteiger charge is 2.47. The van der Waals surface area contributed by atoms with Crippen LogP contribution in [0.4, 0.5) is 17.6 Å². The summed E-state index contributed by atoms with van der Waals surface area (Å²) in [5.74, 6) is -3.70. The van der Waals surface area contributed by atoms with Crippen LogP contribution in [-0.4, -0.2) is 23.5 Å². The minimum atomic E-state index is -4.64. The van der Waals surface area contributed by atoms with Crippen LogP contribution in [0, 0.1) is 17.7 Å². The van der Waals surface area contributed by atoms with Crippen molar-refractivity contribution in [1.82, 2.24) is 5.32 Å². The van der Waals surface area contributed by atoms with E-state index in [0.29, 0.717) is 31.7 Å². The maximum Gasteiger partial charge on any atom is 0.416 e. The van der Waals surface area contributed by atoms with Crippen LogP contribution in [0.25, 0.3) is 0 Å². The van der Waals surface area contributed by atoms with Gasteiger partial charge in [-0.15, -0.1) is 0 Å². The summed E-state index contributed by atoms with van der Waals surface area (Å²) in [7, 11) is 0. The molecule has 0 aromatic heterocycles. The largest absolute Gasteiger partial charge is 0.481 e. The number of hydrogen-bond donors (Lipinski definition) is 2. The van der Waals surface area contributed by atoms with Crippen molar-refractivity contribution in [2.45, 2.75) is 37.3 Å². The molecule has 0 spiro atoms. The van der Waals surface area contributed by atoms with Crippen molar-refractivity contribution in [2.75, 3.05) is 6.54 Å². The molecular formula is C17H17F4NO3. The maximum atomic E-state index is 13.6. The van der Waals surface area contributed by atoms with E-state index < -0.39 is 46.7 Å². The average molecular weight is 359 g/mol. The van der Waals surface area contributed by atoms with Gasteiger partial charge in [-0.2, -0.15) is 13.2 Å². The van der Waals surface area contributed by atoms with Gasteiger partial charge >= 0.3 is 12.1 Å². The number of aliphatic carboxylic acids is 1. The van der Waals surface area contributed by atoms with E-state index in [1.165, 1.54) is 0 Å². The Bertz CT molecular complexity index is 712. The molecule has 2 saturated carbocycles. The maximum absolute atomic E-state index is 13.6. The van der Waals surface area contributed by atoms with E-state index in [9.17, 15) is 27.2 Å². The summed E-state index contributed by atoms with van der Waals surface area (Å²) < 4.78 is 52.2. The first-order valence-electron chi connectivity index (χ1n) is 8.01. The molecular weight excluding hydrogens is 342 g/mol. The molecule has 0 radical (unpaired) electrons. The Balaban J connectivity index is 1.70. The Kier molecular flexibility index (Phi) is 4.25. The Morgan fingerprint density at radius 1 is 1.16 bits per heavy atom. The number of hydrogen-bond acceptors (Lipinski definition) is 2. The molecule has 2 fully saturated rings. The van der Waals surface area contributed by atoms with E-state index in [-0.39, 0.29) is 12.1 Å². The third kappa shape index (κ3) is 3.48. The molecule has 2 aliphatic carbocycles. The zero-order valence-electron chi connectivity index (χ0n) is 13.2. The van der Waals surface area contributed by atoms with Crippen LogP contribution in [0.3, 0.4) is 0 Å². The number of alkyl halides is 3. The van der Waals surface area contributed by atoms with Gasteiger partial charge in [-0.25, -0.2) is 4.39 Å². The smallest absolute Gasteiger partial charge is 0.416 e. The number of carboxylic acid groups (broad SMARTS) is 1. The summed E-state index contributed by atoms with van der Waals surface area (Å²) in [6.45, 7) is 0.0788. The lowest BCUT2D eigenvalue weighted by molar-refractivity contribution is -0.152. The van der Waals surface area contributed by atoms with Gasteiger partial charge in [-0.1, -0.05) is 0 Å². The van der Waals surface area contributed by atoms with Crippen LogP contribution >= 0.6 is 0 Å². The Labute approximate surface area is 141 Å². The van der Waals surface area contributed by atoms with Crippen LogP contribution in [0.2, 0.25) is 0 Å². The number of carbonyl (C=O) groups is 2. The minimum Gasteiger partial charge on any atom is -0.481 e. The molecule has 2 aliphatic rings. The van der Waals surface area contributed by atoms with E-state index in [1.807, 2.05) is 0 Å². The molecule has 0 saturated heterocycles. The van der Waals surface area contributed by atoms with E-state index >= 15 is 0 Å². The molecule has 0 bridgehead atoms. The topological polar surface area (TPSA) is 66.4 Å². The first-order chi connectivity index (χ1) is 11.6. The van der Waals surface area contributed by atoms with Gasteiger partial charge in [0.25, 0.3) is 0 Å². The number of halogens is 4. The van der Waals surface area contributed by atoms with Crippen molar-refractivity contribution in [3.63, 3.8) is 0 Å². The van der Waals surface area contributed by atoms with Crippen LogP contribution < -0.4 is 5.32 Å². The van der Waals surface area contributed by atoms with Crippen LogP contribution in [0.5, 0.6) is 0 Å². The second-order valence-electron chi connectivity index (χ2n) is 6.85. The SMILES string of the molecule is O=C(O)C1CCC1C(=O)NCC1(c2cc(F)cc(C(F)(F)F)c2)CC1. The summed E-state index contributed by atoms with van der Waals surface area (Å²) in [5, 5.41) is 11.6. The number of carboxylic acids is 1. The van der Waals surface area contributed by atoms with Crippen LogP contribution in [0.15, 0.2) is 18.2 Å². The molecule has 1 amide bonds. The van der Waals surface area contributed by atoms with E-state index in [4.69, 9.17) is 5.11 Å². The molecule has 4 nitrogen and oxygen atoms in total. The van der Waals surface area contributed by atoms with Gasteiger partial charge in [-0.05, 0) is 49.4 Å². The van der Waals surface area contributed by atoms with Gasteiger partial charge in [-0.3, -0.25) is 9.59 Å². The number of carbonyl (C=O) groups excluding carboxylic acids is 1. The fourth-order valence-electron chi connectivity index (χ4n) is 3.27. The summed E-state index contributed by atoms with van der Waals surface area (Å²) in [6, 6.07) is 2.44. The summed E-state index contributed by atoms with van der Waals surface area (Å²) >= 11 is 0. The standard InChI is InChI=1S/C17H17F4NO3/c18-11-6-9(5-10(7-11)17(19,20)21)16(3-4-16)8-22-14(23)12-1-2-13(12)15(24)25/h5-7,12-13H,1-4,8H2,(H,22,23)(H,24,25). The van der Waals surface area contributed by atoms with Crippen molar-refractivity contribution >= 4 is 11.9 Å². The molecule has 0 aliphatic heterocycles. The lowest BCUT2D eigenvalue weighted by Gasteiger charge is -2.32. The van der Waals surface area contributed by atoms with Crippen molar-refractivity contribution in [3.8, 4) is 0 Å². The van der Waals surface area contributed by atoms with Gasteiger partial charge in [0.15, 0.2) is 0 Å². The summed E-state index contributed by atoms with van der Waals surface area (Å²) in [4.78, 5) is 23.1. The molecule has 2 atom stereocenters. The predicted molar refractivity (Wildman–Crippen MR) is 79.2 cm³/mol. The molecule has 136 valence electrons. The Hall–Kier alpha value is -2.12. The third-order valence-electron chi connectivity index (χ3n) is 5.22. The monoisotopic (exact) mass is 359 g/mol. The second kappa shape index (κ2) is 6.00. The zero-order chi connectivity index (χ0) is 18.4. The number of rotatable bonds is 5. The molecule has 1 aromatic rings. The van der Waals surface area contributed by atoms with Gasteiger partial charge in [0.1, 0.15) is 5.82 Å². The van der Waals surface area contributed by atoms with E-state index in [2.05, 4.69) is 5.32 Å². The first kappa shape index (κ1) is 17.7. The highest BCUT2D eigenvalue weighted by molar-refractivity contribution is 5.86. The normalized spacial score (nSPS) is 24.3. The van der Waals surface area contributed by atoms with E-state index in [1.54, 1.807) is 0 Å². The molecule has 8 heteroatoms. The molecule has 1 aromatic carbocycles. The van der Waals surface area contributed by atoms with Crippen molar-refractivity contribution < 1.29 is 32.3 Å². The lowest BCUT2D eigenvalue weighted by Crippen LogP contribution is -2.45. The van der Waals surface area contributed by atoms with Gasteiger partial charge in [0, 0.05) is 12.0 Å². The quantitative estimate of drug-likeness (QED) is 0.794. The van der Waals surface area contributed by atoms with Gasteiger partial charge in [0.2, 0.25) is 5.91 Å². The van der Waals surface area contributed by atoms with Gasteiger partial charge in [0.05, 0.1) is 17.4 Å². The van der Waals surface area contributed by atoms with Crippen molar-refractivity contribution in [2.24, 2.45) is 11.8 Å².